The van der Waals surface area contributed by atoms with Crippen molar-refractivity contribution in [2.45, 2.75) is 0 Å². The van der Waals surface area contributed by atoms with Crippen molar-refractivity contribution in [1.82, 2.24) is 0 Å². The number of allylic oxidation sites excluding steroid dienone is 1. The average molecular weight is 418 g/mol. The van der Waals surface area contributed by atoms with Crippen LogP contribution in [0.5, 0.6) is 11.5 Å². The van der Waals surface area contributed by atoms with Gasteiger partial charge in [0.25, 0.3) is 0 Å². The van der Waals surface area contributed by atoms with E-state index in [4.69, 9.17) is 4.74 Å². The zero-order chi connectivity index (χ0) is 14.7. The number of methoxy groups -OCH3 is 1. The fourth-order valence-corrected chi connectivity index (χ4v) is 3.52. The van der Waals surface area contributed by atoms with E-state index in [1.807, 2.05) is 6.07 Å². The molecule has 2 aromatic rings. The number of aromatic hydroxyl groups is 1. The molecule has 0 unspecified atom stereocenters. The third kappa shape index (κ3) is 3.50. The Balaban J connectivity index is 2.19. The quantitative estimate of drug-likeness (QED) is 0.569. The summed E-state index contributed by atoms with van der Waals surface area (Å²) in [5.41, 5.74) is 0.464. The van der Waals surface area contributed by atoms with E-state index in [-0.39, 0.29) is 17.3 Å². The molecule has 0 saturated heterocycles. The number of carbonyl (C=O) groups excluding carboxylic acids is 1. The summed E-state index contributed by atoms with van der Waals surface area (Å²) in [7, 11) is 1.44. The minimum absolute atomic E-state index is 0.0131. The number of thiophene rings is 1. The minimum Gasteiger partial charge on any atom is -0.504 e. The monoisotopic (exact) mass is 416 g/mol. The predicted molar refractivity (Wildman–Crippen MR) is 87.7 cm³/mol. The first-order valence-electron chi connectivity index (χ1n) is 5.55. The maximum absolute atomic E-state index is 12.0. The molecule has 20 heavy (non-hydrogen) atoms. The first-order valence-corrected chi connectivity index (χ1v) is 7.95. The lowest BCUT2D eigenvalue weighted by atomic mass is 10.1. The summed E-state index contributed by atoms with van der Waals surface area (Å²) in [6, 6.07) is 6.45. The van der Waals surface area contributed by atoms with E-state index < -0.39 is 0 Å². The Hall–Kier alpha value is -1.11. The highest BCUT2D eigenvalue weighted by atomic mass is 79.9. The van der Waals surface area contributed by atoms with Crippen molar-refractivity contribution in [3.8, 4) is 11.5 Å². The maximum Gasteiger partial charge on any atom is 0.186 e. The lowest BCUT2D eigenvalue weighted by Gasteiger charge is -2.04. The Morgan fingerprint density at radius 3 is 2.70 bits per heavy atom. The van der Waals surface area contributed by atoms with Crippen LogP contribution in [0.3, 0.4) is 0 Å². The number of hydrogen-bond acceptors (Lipinski definition) is 4. The van der Waals surface area contributed by atoms with Crippen molar-refractivity contribution in [2.75, 3.05) is 7.11 Å². The predicted octanol–water partition coefficient (Wildman–Crippen LogP) is 4.88. The normalized spacial score (nSPS) is 10.9. The van der Waals surface area contributed by atoms with Gasteiger partial charge in [0.1, 0.15) is 0 Å². The third-order valence-electron chi connectivity index (χ3n) is 2.53. The number of rotatable bonds is 4. The summed E-state index contributed by atoms with van der Waals surface area (Å²) in [5.74, 6) is 0.147. The van der Waals surface area contributed by atoms with Gasteiger partial charge in [-0.3, -0.25) is 4.79 Å². The van der Waals surface area contributed by atoms with Crippen molar-refractivity contribution in [3.05, 3.63) is 49.0 Å². The zero-order valence-corrected chi connectivity index (χ0v) is 14.4. The van der Waals surface area contributed by atoms with Crippen LogP contribution in [0.4, 0.5) is 0 Å². The van der Waals surface area contributed by atoms with E-state index in [0.29, 0.717) is 5.56 Å². The molecule has 0 atom stereocenters. The van der Waals surface area contributed by atoms with Crippen LogP contribution in [-0.2, 0) is 0 Å². The lowest BCUT2D eigenvalue weighted by Crippen LogP contribution is -1.95. The van der Waals surface area contributed by atoms with Gasteiger partial charge in [-0.05, 0) is 68.3 Å². The third-order valence-corrected chi connectivity index (χ3v) is 5.75. The van der Waals surface area contributed by atoms with E-state index in [2.05, 4.69) is 31.9 Å². The van der Waals surface area contributed by atoms with Crippen LogP contribution in [0.15, 0.2) is 38.6 Å². The highest BCUT2D eigenvalue weighted by Crippen LogP contribution is 2.33. The maximum atomic E-state index is 12.0. The van der Waals surface area contributed by atoms with Crippen molar-refractivity contribution in [2.24, 2.45) is 0 Å². The van der Waals surface area contributed by atoms with Crippen molar-refractivity contribution in [1.29, 1.82) is 0 Å². The van der Waals surface area contributed by atoms with Gasteiger partial charge >= 0.3 is 0 Å². The van der Waals surface area contributed by atoms with Crippen LogP contribution in [0.2, 0.25) is 0 Å². The van der Waals surface area contributed by atoms with Crippen molar-refractivity contribution in [3.63, 3.8) is 0 Å². The van der Waals surface area contributed by atoms with Crippen LogP contribution >= 0.6 is 43.2 Å². The second-order valence-electron chi connectivity index (χ2n) is 3.85. The highest BCUT2D eigenvalue weighted by Gasteiger charge is 2.08. The highest BCUT2D eigenvalue weighted by molar-refractivity contribution is 9.13. The standard InChI is InChI=1S/C14H10Br2O3S/c1-19-13-6-8(2-4-12(13)18)11(17)5-3-9-7-10(15)14(16)20-9/h2-7,18H,1H3/b5-3+. The number of phenolic OH excluding ortho intramolecular Hbond substituents is 1. The van der Waals surface area contributed by atoms with Crippen LogP contribution in [-0.4, -0.2) is 18.0 Å². The topological polar surface area (TPSA) is 46.5 Å². The molecular weight excluding hydrogens is 408 g/mol. The van der Waals surface area contributed by atoms with Crippen LogP contribution < -0.4 is 4.74 Å². The number of benzene rings is 1. The molecule has 0 bridgehead atoms. The molecule has 1 aromatic heterocycles. The Morgan fingerprint density at radius 2 is 2.10 bits per heavy atom. The molecule has 1 heterocycles. The molecule has 1 aromatic carbocycles. The molecule has 3 nitrogen and oxygen atoms in total. The fraction of sp³-hybridized carbons (Fsp3) is 0.0714. The largest absolute Gasteiger partial charge is 0.504 e. The van der Waals surface area contributed by atoms with E-state index in [1.165, 1.54) is 36.7 Å². The van der Waals surface area contributed by atoms with Gasteiger partial charge in [-0.1, -0.05) is 0 Å². The Bertz CT molecular complexity index is 658. The zero-order valence-electron chi connectivity index (χ0n) is 10.4. The molecule has 2 rings (SSSR count). The van der Waals surface area contributed by atoms with Gasteiger partial charge in [0, 0.05) is 14.9 Å². The van der Waals surface area contributed by atoms with Gasteiger partial charge < -0.3 is 9.84 Å². The number of hydrogen-bond donors (Lipinski definition) is 1. The smallest absolute Gasteiger partial charge is 0.186 e. The second kappa shape index (κ2) is 6.56. The molecule has 0 aliphatic heterocycles. The molecule has 0 saturated carbocycles. The second-order valence-corrected chi connectivity index (χ2v) is 7.11. The van der Waals surface area contributed by atoms with E-state index in [9.17, 15) is 9.90 Å². The summed E-state index contributed by atoms with van der Waals surface area (Å²) in [6.45, 7) is 0. The van der Waals surface area contributed by atoms with Gasteiger partial charge in [0.15, 0.2) is 17.3 Å². The SMILES string of the molecule is COc1cc(C(=O)/C=C/c2cc(Br)c(Br)s2)ccc1O. The lowest BCUT2D eigenvalue weighted by molar-refractivity contribution is 0.104. The van der Waals surface area contributed by atoms with E-state index >= 15 is 0 Å². The Morgan fingerprint density at radius 1 is 1.35 bits per heavy atom. The Labute approximate surface area is 137 Å². The molecule has 1 N–H and O–H groups in total. The van der Waals surface area contributed by atoms with Gasteiger partial charge in [-0.2, -0.15) is 0 Å². The van der Waals surface area contributed by atoms with Crippen LogP contribution in [0.1, 0.15) is 15.2 Å². The molecule has 0 aliphatic carbocycles. The average Bonchev–Trinajstić information content (AvgIpc) is 2.75. The van der Waals surface area contributed by atoms with Crippen molar-refractivity contribution < 1.29 is 14.6 Å². The summed E-state index contributed by atoms with van der Waals surface area (Å²) in [4.78, 5) is 13.0. The number of carbonyl (C=O) groups is 1. The number of ether oxygens (including phenoxy) is 1. The molecule has 0 aliphatic rings. The molecule has 0 amide bonds. The van der Waals surface area contributed by atoms with E-state index in [1.54, 1.807) is 12.1 Å². The van der Waals surface area contributed by atoms with E-state index in [0.717, 1.165) is 13.1 Å². The van der Waals surface area contributed by atoms with Crippen LogP contribution in [0, 0.1) is 0 Å². The molecule has 0 fully saturated rings. The van der Waals surface area contributed by atoms with Gasteiger partial charge in [-0.15, -0.1) is 11.3 Å². The van der Waals surface area contributed by atoms with Gasteiger partial charge in [0.2, 0.25) is 0 Å². The minimum atomic E-state index is -0.149. The first-order chi connectivity index (χ1) is 9.51. The first kappa shape index (κ1) is 15.3. The summed E-state index contributed by atoms with van der Waals surface area (Å²) in [6.07, 6.45) is 3.25. The number of ketones is 1. The summed E-state index contributed by atoms with van der Waals surface area (Å²) in [5, 5.41) is 9.49. The van der Waals surface area contributed by atoms with Gasteiger partial charge in [-0.25, -0.2) is 0 Å². The van der Waals surface area contributed by atoms with Crippen molar-refractivity contribution >= 4 is 55.1 Å². The Kier molecular flexibility index (Phi) is 5.01. The molecule has 0 radical (unpaired) electrons. The number of halogens is 2. The summed E-state index contributed by atoms with van der Waals surface area (Å²) < 4.78 is 6.92. The number of phenols is 1. The fourth-order valence-electron chi connectivity index (χ4n) is 1.53. The van der Waals surface area contributed by atoms with Crippen LogP contribution in [0.25, 0.3) is 6.08 Å². The molecule has 6 heteroatoms. The van der Waals surface area contributed by atoms with Gasteiger partial charge in [0.05, 0.1) is 10.9 Å². The molecule has 104 valence electrons. The molecule has 0 spiro atoms. The molecular formula is C14H10Br2O3S. The summed E-state index contributed by atoms with van der Waals surface area (Å²) >= 11 is 8.33.